The molecule has 1 atom stereocenters. The van der Waals surface area contributed by atoms with Gasteiger partial charge in [-0.1, -0.05) is 0 Å². The summed E-state index contributed by atoms with van der Waals surface area (Å²) < 4.78 is 5.54. The van der Waals surface area contributed by atoms with Crippen molar-refractivity contribution in [2.75, 3.05) is 20.1 Å². The zero-order chi connectivity index (χ0) is 14.8. The van der Waals surface area contributed by atoms with Crippen LogP contribution in [0.15, 0.2) is 22.6 Å². The van der Waals surface area contributed by atoms with Gasteiger partial charge in [0.2, 0.25) is 0 Å². The van der Waals surface area contributed by atoms with E-state index >= 15 is 0 Å². The number of nitrogens with zero attached hydrogens (tertiary/aromatic N) is 2. The van der Waals surface area contributed by atoms with Crippen LogP contribution in [0.2, 0.25) is 0 Å². The molecule has 2 N–H and O–H groups in total. The Bertz CT molecular complexity index is 637. The number of carbonyl (C=O) groups excluding carboxylic acids is 1. The van der Waals surface area contributed by atoms with E-state index in [0.29, 0.717) is 11.5 Å². The number of hydrogen-bond acceptors (Lipinski definition) is 4. The highest BCUT2D eigenvalue weighted by atomic mass is 35.5. The van der Waals surface area contributed by atoms with E-state index in [1.165, 1.54) is 0 Å². The molecule has 0 aromatic carbocycles. The molecule has 1 saturated heterocycles. The molecule has 120 valence electrons. The van der Waals surface area contributed by atoms with Gasteiger partial charge in [-0.2, -0.15) is 5.10 Å². The normalized spacial score (nSPS) is 17.5. The molecule has 0 aliphatic carbocycles. The Morgan fingerprint density at radius 1 is 1.55 bits per heavy atom. The summed E-state index contributed by atoms with van der Waals surface area (Å²) in [4.78, 5) is 14.5. The summed E-state index contributed by atoms with van der Waals surface area (Å²) in [5.41, 5.74) is 1.18. The largest absolute Gasteiger partial charge is 0.460 e. The van der Waals surface area contributed by atoms with Gasteiger partial charge in [0.05, 0.1) is 0 Å². The van der Waals surface area contributed by atoms with E-state index in [2.05, 4.69) is 15.5 Å². The van der Waals surface area contributed by atoms with Gasteiger partial charge in [0.25, 0.3) is 5.91 Å². The number of aryl methyl sites for hydroxylation is 1. The summed E-state index contributed by atoms with van der Waals surface area (Å²) >= 11 is 0. The topological polar surface area (TPSA) is 74.2 Å². The van der Waals surface area contributed by atoms with Crippen LogP contribution in [0.3, 0.4) is 0 Å². The number of amides is 1. The van der Waals surface area contributed by atoms with E-state index in [1.807, 2.05) is 31.0 Å². The molecule has 2 aromatic rings. The first kappa shape index (κ1) is 16.6. The predicted molar refractivity (Wildman–Crippen MR) is 86.3 cm³/mol. The fourth-order valence-corrected chi connectivity index (χ4v) is 2.83. The third-order valence-corrected chi connectivity index (χ3v) is 3.88. The summed E-state index contributed by atoms with van der Waals surface area (Å²) in [5.74, 6) is 1.52. The second-order valence-electron chi connectivity index (χ2n) is 5.43. The molecule has 1 aliphatic rings. The number of rotatable bonds is 4. The van der Waals surface area contributed by atoms with Gasteiger partial charge < -0.3 is 14.6 Å². The summed E-state index contributed by atoms with van der Waals surface area (Å²) in [6.45, 7) is 3.51. The summed E-state index contributed by atoms with van der Waals surface area (Å²) in [6.07, 6.45) is 2.09. The highest BCUT2D eigenvalue weighted by Crippen LogP contribution is 2.23. The van der Waals surface area contributed by atoms with Gasteiger partial charge in [-0.3, -0.25) is 9.89 Å². The number of aromatic nitrogens is 2. The molecule has 7 heteroatoms. The molecule has 22 heavy (non-hydrogen) atoms. The van der Waals surface area contributed by atoms with Crippen molar-refractivity contribution < 1.29 is 9.21 Å². The van der Waals surface area contributed by atoms with Crippen molar-refractivity contribution in [3.63, 3.8) is 0 Å². The standard InChI is InChI=1S/C15H20N4O2.ClH/c1-10-5-6-14(21-10)12-8-13(18-17-12)15(20)19-7-3-4-11(19)9-16-2;/h5-6,8,11,16H,3-4,7,9H2,1-2H3,(H,17,18);1H. The number of hydrogen-bond donors (Lipinski definition) is 2. The van der Waals surface area contributed by atoms with Crippen LogP contribution in [0.4, 0.5) is 0 Å². The number of furan rings is 1. The summed E-state index contributed by atoms with van der Waals surface area (Å²) in [6, 6.07) is 5.78. The summed E-state index contributed by atoms with van der Waals surface area (Å²) in [5, 5.41) is 10.2. The van der Waals surface area contributed by atoms with Crippen LogP contribution in [0.5, 0.6) is 0 Å². The Morgan fingerprint density at radius 2 is 2.36 bits per heavy atom. The average Bonchev–Trinajstić information content (AvgIpc) is 3.17. The second kappa shape index (κ2) is 6.98. The maximum Gasteiger partial charge on any atom is 0.274 e. The fourth-order valence-electron chi connectivity index (χ4n) is 2.83. The van der Waals surface area contributed by atoms with Gasteiger partial charge >= 0.3 is 0 Å². The lowest BCUT2D eigenvalue weighted by Gasteiger charge is -2.23. The highest BCUT2D eigenvalue weighted by molar-refractivity contribution is 5.93. The molecule has 0 spiro atoms. The van der Waals surface area contributed by atoms with Crippen LogP contribution in [0.25, 0.3) is 11.5 Å². The Labute approximate surface area is 135 Å². The molecule has 3 rings (SSSR count). The Hall–Kier alpha value is -1.79. The predicted octanol–water partition coefficient (Wildman–Crippen LogP) is 2.22. The first-order chi connectivity index (χ1) is 10.2. The molecular formula is C15H21ClN4O2. The quantitative estimate of drug-likeness (QED) is 0.904. The molecule has 1 unspecified atom stereocenters. The van der Waals surface area contributed by atoms with Crippen molar-refractivity contribution in [2.24, 2.45) is 0 Å². The van der Waals surface area contributed by atoms with E-state index in [-0.39, 0.29) is 24.4 Å². The molecule has 0 radical (unpaired) electrons. The maximum atomic E-state index is 12.6. The van der Waals surface area contributed by atoms with Crippen molar-refractivity contribution in [2.45, 2.75) is 25.8 Å². The zero-order valence-corrected chi connectivity index (χ0v) is 13.6. The van der Waals surface area contributed by atoms with E-state index in [4.69, 9.17) is 4.42 Å². The number of aromatic amines is 1. The first-order valence-corrected chi connectivity index (χ1v) is 7.27. The van der Waals surface area contributed by atoms with E-state index in [1.54, 1.807) is 6.07 Å². The van der Waals surface area contributed by atoms with Gasteiger partial charge in [0, 0.05) is 25.2 Å². The van der Waals surface area contributed by atoms with Gasteiger partial charge in [-0.15, -0.1) is 12.4 Å². The van der Waals surface area contributed by atoms with Crippen LogP contribution in [0, 0.1) is 6.92 Å². The highest BCUT2D eigenvalue weighted by Gasteiger charge is 2.30. The molecule has 0 saturated carbocycles. The number of halogens is 1. The minimum absolute atomic E-state index is 0. The van der Waals surface area contributed by atoms with Crippen molar-refractivity contribution >= 4 is 18.3 Å². The second-order valence-corrected chi connectivity index (χ2v) is 5.43. The lowest BCUT2D eigenvalue weighted by molar-refractivity contribution is 0.0731. The number of likely N-dealkylation sites (N-methyl/N-ethyl adjacent to an activating group) is 1. The number of H-pyrrole nitrogens is 1. The summed E-state index contributed by atoms with van der Waals surface area (Å²) in [7, 11) is 1.91. The third kappa shape index (κ3) is 3.18. The number of likely N-dealkylation sites (tertiary alicyclic amines) is 1. The molecule has 0 bridgehead atoms. The van der Waals surface area contributed by atoms with Gasteiger partial charge in [0.1, 0.15) is 11.5 Å². The first-order valence-electron chi connectivity index (χ1n) is 7.27. The van der Waals surface area contributed by atoms with Crippen LogP contribution >= 0.6 is 12.4 Å². The molecule has 1 aliphatic heterocycles. The van der Waals surface area contributed by atoms with E-state index in [9.17, 15) is 4.79 Å². The smallest absolute Gasteiger partial charge is 0.274 e. The molecule has 2 aromatic heterocycles. The lowest BCUT2D eigenvalue weighted by Crippen LogP contribution is -2.41. The fraction of sp³-hybridized carbons (Fsp3) is 0.467. The number of carbonyl (C=O) groups is 1. The molecule has 1 amide bonds. The molecule has 6 nitrogen and oxygen atoms in total. The molecule has 3 heterocycles. The monoisotopic (exact) mass is 324 g/mol. The van der Waals surface area contributed by atoms with Crippen LogP contribution in [0.1, 0.15) is 29.1 Å². The van der Waals surface area contributed by atoms with Gasteiger partial charge in [0.15, 0.2) is 11.5 Å². The van der Waals surface area contributed by atoms with Crippen LogP contribution in [-0.4, -0.2) is 47.2 Å². The Morgan fingerprint density at radius 3 is 3.05 bits per heavy atom. The van der Waals surface area contributed by atoms with E-state index in [0.717, 1.165) is 37.4 Å². The average molecular weight is 325 g/mol. The Balaban J connectivity index is 0.00000176. The number of nitrogens with one attached hydrogen (secondary N) is 2. The van der Waals surface area contributed by atoms with Crippen LogP contribution in [-0.2, 0) is 0 Å². The zero-order valence-electron chi connectivity index (χ0n) is 12.8. The van der Waals surface area contributed by atoms with Crippen molar-refractivity contribution in [1.29, 1.82) is 0 Å². The lowest BCUT2D eigenvalue weighted by atomic mass is 10.2. The maximum absolute atomic E-state index is 12.6. The van der Waals surface area contributed by atoms with Gasteiger partial charge in [-0.25, -0.2) is 0 Å². The minimum atomic E-state index is -0.0153. The van der Waals surface area contributed by atoms with Crippen molar-refractivity contribution in [1.82, 2.24) is 20.4 Å². The van der Waals surface area contributed by atoms with E-state index < -0.39 is 0 Å². The van der Waals surface area contributed by atoms with Crippen LogP contribution < -0.4 is 5.32 Å². The SMILES string of the molecule is CNCC1CCCN1C(=O)c1cc(-c2ccc(C)o2)[nH]n1.Cl. The molecule has 1 fully saturated rings. The Kier molecular flexibility index (Phi) is 5.26. The third-order valence-electron chi connectivity index (χ3n) is 3.88. The van der Waals surface area contributed by atoms with Crippen molar-refractivity contribution in [3.8, 4) is 11.5 Å². The van der Waals surface area contributed by atoms with Crippen molar-refractivity contribution in [3.05, 3.63) is 29.7 Å². The molecular weight excluding hydrogens is 304 g/mol. The van der Waals surface area contributed by atoms with Gasteiger partial charge in [-0.05, 0) is 38.9 Å². The minimum Gasteiger partial charge on any atom is -0.460 e.